The number of halogens is 1. The van der Waals surface area contributed by atoms with Gasteiger partial charge in [-0.1, -0.05) is 48.5 Å². The first kappa shape index (κ1) is 21.9. The van der Waals surface area contributed by atoms with E-state index in [2.05, 4.69) is 21.7 Å². The molecule has 0 fully saturated rings. The van der Waals surface area contributed by atoms with Crippen LogP contribution in [0.15, 0.2) is 89.5 Å². The molecule has 5 nitrogen and oxygen atoms in total. The predicted octanol–water partition coefficient (Wildman–Crippen LogP) is 5.46. The van der Waals surface area contributed by atoms with E-state index in [1.54, 1.807) is 12.1 Å². The van der Waals surface area contributed by atoms with Crippen LogP contribution in [0.5, 0.6) is 0 Å². The third-order valence-electron chi connectivity index (χ3n) is 6.22. The summed E-state index contributed by atoms with van der Waals surface area (Å²) < 4.78 is 19.2. The molecule has 3 N–H and O–H groups in total. The molecule has 1 unspecified atom stereocenters. The lowest BCUT2D eigenvalue weighted by atomic mass is 9.91. The topological polar surface area (TPSA) is 70.1 Å². The van der Waals surface area contributed by atoms with E-state index < -0.39 is 5.54 Å². The van der Waals surface area contributed by atoms with Crippen LogP contribution in [0.4, 0.5) is 4.39 Å². The number of benzene rings is 3. The van der Waals surface area contributed by atoms with Crippen molar-refractivity contribution in [2.45, 2.75) is 32.0 Å². The molecule has 5 aromatic rings. The van der Waals surface area contributed by atoms with Crippen LogP contribution < -0.4 is 10.6 Å². The normalized spacial score (nSPS) is 13.2. The van der Waals surface area contributed by atoms with Crippen LogP contribution in [0.2, 0.25) is 0 Å². The number of aromatic amines is 1. The Morgan fingerprint density at radius 3 is 2.59 bits per heavy atom. The molecule has 172 valence electrons. The standard InChI is InChI=1S/C28H26FN3O2/c1-28(15-21-17-30-25-8-4-3-7-24(21)25,27(33)31-16-19-10-12-22(29)13-11-19)32-18-23-14-20-6-2-5-9-26(20)34-23/h2-14,17,30,32H,15-16,18H2,1H3,(H,31,33). The first-order valence-electron chi connectivity index (χ1n) is 11.3. The van der Waals surface area contributed by atoms with E-state index >= 15 is 0 Å². The number of carbonyl (C=O) groups excluding carboxylic acids is 1. The fourth-order valence-electron chi connectivity index (χ4n) is 4.27. The number of hydrogen-bond acceptors (Lipinski definition) is 3. The van der Waals surface area contributed by atoms with Gasteiger partial charge in [0.05, 0.1) is 12.1 Å². The molecule has 0 saturated carbocycles. The summed E-state index contributed by atoms with van der Waals surface area (Å²) in [6, 6.07) is 24.0. The fourth-order valence-corrected chi connectivity index (χ4v) is 4.27. The van der Waals surface area contributed by atoms with Crippen LogP contribution >= 0.6 is 0 Å². The van der Waals surface area contributed by atoms with Gasteiger partial charge in [0.25, 0.3) is 0 Å². The van der Waals surface area contributed by atoms with Crippen LogP contribution in [-0.2, 0) is 24.3 Å². The third-order valence-corrected chi connectivity index (χ3v) is 6.22. The maximum absolute atomic E-state index is 13.5. The molecule has 0 bridgehead atoms. The largest absolute Gasteiger partial charge is 0.460 e. The van der Waals surface area contributed by atoms with Gasteiger partial charge in [-0.05, 0) is 48.4 Å². The highest BCUT2D eigenvalue weighted by atomic mass is 19.1. The van der Waals surface area contributed by atoms with E-state index in [9.17, 15) is 9.18 Å². The van der Waals surface area contributed by atoms with Crippen LogP contribution in [0.1, 0.15) is 23.8 Å². The SMILES string of the molecule is CC(Cc1c[nH]c2ccccc12)(NCc1cc2ccccc2o1)C(=O)NCc1ccc(F)cc1. The van der Waals surface area contributed by atoms with Crippen LogP contribution in [0.3, 0.4) is 0 Å². The minimum absolute atomic E-state index is 0.141. The summed E-state index contributed by atoms with van der Waals surface area (Å²) in [6.45, 7) is 2.61. The molecule has 5 rings (SSSR count). The molecule has 34 heavy (non-hydrogen) atoms. The van der Waals surface area contributed by atoms with E-state index in [0.717, 1.165) is 38.8 Å². The average molecular weight is 456 g/mol. The molecule has 6 heteroatoms. The number of aromatic nitrogens is 1. The second-order valence-electron chi connectivity index (χ2n) is 8.78. The second kappa shape index (κ2) is 9.15. The van der Waals surface area contributed by atoms with E-state index in [-0.39, 0.29) is 11.7 Å². The predicted molar refractivity (Wildman–Crippen MR) is 132 cm³/mol. The van der Waals surface area contributed by atoms with Gasteiger partial charge in [0.15, 0.2) is 0 Å². The quantitative estimate of drug-likeness (QED) is 0.291. The number of fused-ring (bicyclic) bond motifs is 2. The third kappa shape index (κ3) is 4.58. The first-order chi connectivity index (χ1) is 16.5. The number of carbonyl (C=O) groups is 1. The van der Waals surface area contributed by atoms with Gasteiger partial charge in [-0.25, -0.2) is 4.39 Å². The molecule has 1 atom stereocenters. The first-order valence-corrected chi connectivity index (χ1v) is 11.3. The lowest BCUT2D eigenvalue weighted by Crippen LogP contribution is -2.55. The van der Waals surface area contributed by atoms with Gasteiger partial charge in [-0.3, -0.25) is 10.1 Å². The smallest absolute Gasteiger partial charge is 0.240 e. The van der Waals surface area contributed by atoms with Crippen molar-refractivity contribution in [2.24, 2.45) is 0 Å². The zero-order valence-electron chi connectivity index (χ0n) is 18.9. The summed E-state index contributed by atoms with van der Waals surface area (Å²) in [5.41, 5.74) is 2.82. The Morgan fingerprint density at radius 1 is 1.00 bits per heavy atom. The lowest BCUT2D eigenvalue weighted by molar-refractivity contribution is -0.127. The van der Waals surface area contributed by atoms with Gasteiger partial charge >= 0.3 is 0 Å². The highest BCUT2D eigenvalue weighted by Crippen LogP contribution is 2.24. The summed E-state index contributed by atoms with van der Waals surface area (Å²) in [5, 5.41) is 8.57. The van der Waals surface area contributed by atoms with Crippen molar-refractivity contribution in [2.75, 3.05) is 0 Å². The number of amides is 1. The van der Waals surface area contributed by atoms with E-state index in [4.69, 9.17) is 4.42 Å². The molecule has 2 aromatic heterocycles. The highest BCUT2D eigenvalue weighted by molar-refractivity contribution is 5.89. The minimum atomic E-state index is -0.913. The van der Waals surface area contributed by atoms with Gasteiger partial charge in [0, 0.05) is 35.5 Å². The molecular weight excluding hydrogens is 429 g/mol. The maximum Gasteiger partial charge on any atom is 0.240 e. The van der Waals surface area contributed by atoms with Gasteiger partial charge < -0.3 is 14.7 Å². The Morgan fingerprint density at radius 2 is 1.76 bits per heavy atom. The zero-order valence-corrected chi connectivity index (χ0v) is 18.9. The van der Waals surface area contributed by atoms with Gasteiger partial charge in [0.2, 0.25) is 5.91 Å². The van der Waals surface area contributed by atoms with Gasteiger partial charge in [-0.2, -0.15) is 0 Å². The monoisotopic (exact) mass is 455 g/mol. The number of H-pyrrole nitrogens is 1. The summed E-state index contributed by atoms with van der Waals surface area (Å²) in [5.74, 6) is 0.322. The summed E-state index contributed by atoms with van der Waals surface area (Å²) in [7, 11) is 0. The van der Waals surface area contributed by atoms with E-state index in [0.29, 0.717) is 19.5 Å². The van der Waals surface area contributed by atoms with E-state index in [1.165, 1.54) is 12.1 Å². The van der Waals surface area contributed by atoms with Crippen LogP contribution in [-0.4, -0.2) is 16.4 Å². The number of hydrogen-bond donors (Lipinski definition) is 3. The molecule has 0 radical (unpaired) electrons. The second-order valence-corrected chi connectivity index (χ2v) is 8.78. The van der Waals surface area contributed by atoms with Crippen molar-refractivity contribution in [3.63, 3.8) is 0 Å². The Bertz CT molecular complexity index is 1400. The highest BCUT2D eigenvalue weighted by Gasteiger charge is 2.34. The minimum Gasteiger partial charge on any atom is -0.460 e. The Balaban J connectivity index is 1.38. The molecule has 0 saturated heterocycles. The summed E-state index contributed by atoms with van der Waals surface area (Å²) in [6.07, 6.45) is 2.44. The Hall–Kier alpha value is -3.90. The molecule has 0 aliphatic rings. The van der Waals surface area contributed by atoms with Gasteiger partial charge in [0.1, 0.15) is 17.2 Å². The van der Waals surface area contributed by atoms with Crippen molar-refractivity contribution in [1.29, 1.82) is 0 Å². The molecule has 0 spiro atoms. The molecule has 0 aliphatic heterocycles. The average Bonchev–Trinajstić information content (AvgIpc) is 3.46. The lowest BCUT2D eigenvalue weighted by Gasteiger charge is -2.29. The van der Waals surface area contributed by atoms with Crippen molar-refractivity contribution in [3.05, 3.63) is 108 Å². The summed E-state index contributed by atoms with van der Waals surface area (Å²) in [4.78, 5) is 16.8. The number of rotatable bonds is 8. The molecule has 3 aromatic carbocycles. The number of para-hydroxylation sites is 2. The van der Waals surface area contributed by atoms with Gasteiger partial charge in [-0.15, -0.1) is 0 Å². The Kier molecular flexibility index (Phi) is 5.90. The van der Waals surface area contributed by atoms with Crippen molar-refractivity contribution in [1.82, 2.24) is 15.6 Å². The molecule has 1 amide bonds. The van der Waals surface area contributed by atoms with E-state index in [1.807, 2.05) is 61.7 Å². The van der Waals surface area contributed by atoms with Crippen molar-refractivity contribution >= 4 is 27.8 Å². The maximum atomic E-state index is 13.5. The Labute approximate surface area is 197 Å². The molecule has 2 heterocycles. The van der Waals surface area contributed by atoms with Crippen molar-refractivity contribution < 1.29 is 13.6 Å². The fraction of sp³-hybridized carbons (Fsp3) is 0.179. The van der Waals surface area contributed by atoms with Crippen LogP contribution in [0, 0.1) is 5.82 Å². The molecule has 0 aliphatic carbocycles. The molecular formula is C28H26FN3O2. The zero-order chi connectivity index (χ0) is 23.5. The number of furan rings is 1. The van der Waals surface area contributed by atoms with Crippen LogP contribution in [0.25, 0.3) is 21.9 Å². The summed E-state index contributed by atoms with van der Waals surface area (Å²) >= 11 is 0. The van der Waals surface area contributed by atoms with Crippen molar-refractivity contribution in [3.8, 4) is 0 Å². The number of nitrogens with one attached hydrogen (secondary N) is 3.